The van der Waals surface area contributed by atoms with Gasteiger partial charge in [-0.15, -0.1) is 0 Å². The fourth-order valence-electron chi connectivity index (χ4n) is 2.27. The highest BCUT2D eigenvalue weighted by Gasteiger charge is 2.21. The molecule has 2 aromatic carbocycles. The highest BCUT2D eigenvalue weighted by molar-refractivity contribution is 5.97. The zero-order valence-electron chi connectivity index (χ0n) is 14.2. The Bertz CT molecular complexity index is 777. The fraction of sp³-hybridized carbons (Fsp3) is 0.200. The number of carbonyl (C=O) groups excluding carboxylic acids is 1. The maximum atomic E-state index is 12.9. The van der Waals surface area contributed by atoms with Crippen molar-refractivity contribution in [3.05, 3.63) is 77.8 Å². The zero-order chi connectivity index (χ0) is 18.2. The Balaban J connectivity index is 2.15. The van der Waals surface area contributed by atoms with Gasteiger partial charge >= 0.3 is 0 Å². The van der Waals surface area contributed by atoms with Gasteiger partial charge in [-0.3, -0.25) is 4.79 Å². The van der Waals surface area contributed by atoms with E-state index in [1.165, 1.54) is 30.5 Å². The summed E-state index contributed by atoms with van der Waals surface area (Å²) in [7, 11) is 0. The van der Waals surface area contributed by atoms with E-state index in [1.807, 2.05) is 50.2 Å². The molecule has 1 N–H and O–H groups in total. The predicted molar refractivity (Wildman–Crippen MR) is 95.8 cm³/mol. The molecule has 0 saturated carbocycles. The number of nitrogens with zero attached hydrogens (tertiary/aromatic N) is 2. The third-order valence-electron chi connectivity index (χ3n) is 3.66. The normalized spacial score (nSPS) is 11.1. The van der Waals surface area contributed by atoms with Crippen LogP contribution in [0.15, 0.2) is 66.4 Å². The van der Waals surface area contributed by atoms with Gasteiger partial charge in [0.2, 0.25) is 0 Å². The van der Waals surface area contributed by atoms with Crippen LogP contribution in [0.25, 0.3) is 0 Å². The molecule has 1 amide bonds. The number of rotatable bonds is 6. The van der Waals surface area contributed by atoms with Gasteiger partial charge < -0.3 is 10.2 Å². The van der Waals surface area contributed by atoms with Gasteiger partial charge in [0.1, 0.15) is 17.5 Å². The lowest BCUT2D eigenvalue weighted by Crippen LogP contribution is -2.37. The van der Waals surface area contributed by atoms with E-state index in [1.54, 1.807) is 4.90 Å². The first-order valence-corrected chi connectivity index (χ1v) is 7.98. The zero-order valence-corrected chi connectivity index (χ0v) is 14.2. The van der Waals surface area contributed by atoms with Crippen LogP contribution in [0.4, 0.5) is 10.1 Å². The fourth-order valence-corrected chi connectivity index (χ4v) is 2.27. The first-order valence-electron chi connectivity index (χ1n) is 7.98. The molecule has 4 nitrogen and oxygen atoms in total. The molecular formula is C20H20FN3O. The number of nitrogens with one attached hydrogen (secondary N) is 1. The predicted octanol–water partition coefficient (Wildman–Crippen LogP) is 4.08. The molecule has 0 heterocycles. The molecule has 0 aliphatic carbocycles. The van der Waals surface area contributed by atoms with Crippen molar-refractivity contribution in [2.75, 3.05) is 5.32 Å². The minimum absolute atomic E-state index is 0.00560. The van der Waals surface area contributed by atoms with E-state index in [2.05, 4.69) is 5.32 Å². The first kappa shape index (κ1) is 18.2. The molecule has 0 aromatic heterocycles. The Morgan fingerprint density at radius 3 is 2.40 bits per heavy atom. The Morgan fingerprint density at radius 2 is 1.84 bits per heavy atom. The summed E-state index contributed by atoms with van der Waals surface area (Å²) in [5, 5.41) is 12.2. The number of hydrogen-bond donors (Lipinski definition) is 1. The lowest BCUT2D eigenvalue weighted by molar-refractivity contribution is -0.129. The van der Waals surface area contributed by atoms with Gasteiger partial charge in [0.15, 0.2) is 0 Å². The van der Waals surface area contributed by atoms with Crippen LogP contribution in [0.1, 0.15) is 19.4 Å². The molecule has 25 heavy (non-hydrogen) atoms. The molecule has 0 aliphatic rings. The largest absolute Gasteiger partial charge is 0.360 e. The highest BCUT2D eigenvalue weighted by Crippen LogP contribution is 2.14. The molecule has 0 saturated heterocycles. The van der Waals surface area contributed by atoms with Gasteiger partial charge in [-0.25, -0.2) is 4.39 Å². The molecule has 0 atom stereocenters. The monoisotopic (exact) mass is 337 g/mol. The molecule has 2 rings (SSSR count). The molecule has 0 aliphatic heterocycles. The number of halogens is 1. The number of benzene rings is 2. The summed E-state index contributed by atoms with van der Waals surface area (Å²) in [5.74, 6) is -0.698. The average molecular weight is 337 g/mol. The molecule has 2 aromatic rings. The second-order valence-electron chi connectivity index (χ2n) is 5.83. The average Bonchev–Trinajstić information content (AvgIpc) is 2.62. The summed E-state index contributed by atoms with van der Waals surface area (Å²) in [6.07, 6.45) is 1.36. The maximum Gasteiger partial charge on any atom is 0.266 e. The summed E-state index contributed by atoms with van der Waals surface area (Å²) in [5.41, 5.74) is 1.59. The molecule has 0 spiro atoms. The quantitative estimate of drug-likeness (QED) is 0.638. The molecule has 0 fully saturated rings. The van der Waals surface area contributed by atoms with E-state index in [0.29, 0.717) is 12.2 Å². The van der Waals surface area contributed by atoms with Crippen molar-refractivity contribution in [1.29, 1.82) is 5.26 Å². The van der Waals surface area contributed by atoms with Gasteiger partial charge in [-0.1, -0.05) is 30.3 Å². The van der Waals surface area contributed by atoms with Gasteiger partial charge in [-0.2, -0.15) is 5.26 Å². The minimum Gasteiger partial charge on any atom is -0.360 e. The summed E-state index contributed by atoms with van der Waals surface area (Å²) >= 11 is 0. The topological polar surface area (TPSA) is 56.1 Å². The molecule has 0 radical (unpaired) electrons. The summed E-state index contributed by atoms with van der Waals surface area (Å²) in [6.45, 7) is 4.24. The van der Waals surface area contributed by atoms with Crippen LogP contribution in [0.2, 0.25) is 0 Å². The second kappa shape index (κ2) is 8.65. The van der Waals surface area contributed by atoms with Crippen molar-refractivity contribution in [2.45, 2.75) is 26.4 Å². The van der Waals surface area contributed by atoms with Crippen molar-refractivity contribution >= 4 is 11.6 Å². The van der Waals surface area contributed by atoms with Crippen LogP contribution in [0.3, 0.4) is 0 Å². The van der Waals surface area contributed by atoms with Crippen molar-refractivity contribution in [3.63, 3.8) is 0 Å². The number of hydrogen-bond acceptors (Lipinski definition) is 3. The van der Waals surface area contributed by atoms with E-state index in [0.717, 1.165) is 5.56 Å². The van der Waals surface area contributed by atoms with Crippen molar-refractivity contribution in [3.8, 4) is 6.07 Å². The third kappa shape index (κ3) is 5.18. The molecule has 0 bridgehead atoms. The SMILES string of the molecule is CC(C)N(Cc1ccccc1)C(=O)/C(C#N)=C\Nc1ccc(F)cc1. The summed E-state index contributed by atoms with van der Waals surface area (Å²) < 4.78 is 12.9. The Morgan fingerprint density at radius 1 is 1.20 bits per heavy atom. The number of anilines is 1. The summed E-state index contributed by atoms with van der Waals surface area (Å²) in [6, 6.07) is 17.2. The first-order chi connectivity index (χ1) is 12.0. The molecule has 0 unspecified atom stereocenters. The summed E-state index contributed by atoms with van der Waals surface area (Å²) in [4.78, 5) is 14.4. The molecule has 128 valence electrons. The van der Waals surface area contributed by atoms with Crippen LogP contribution in [0.5, 0.6) is 0 Å². The lowest BCUT2D eigenvalue weighted by Gasteiger charge is -2.26. The van der Waals surface area contributed by atoms with E-state index < -0.39 is 0 Å². The van der Waals surface area contributed by atoms with Crippen molar-refractivity contribution in [2.24, 2.45) is 0 Å². The standard InChI is InChI=1S/C20H20FN3O/c1-15(2)24(14-16-6-4-3-5-7-16)20(25)17(12-22)13-23-19-10-8-18(21)9-11-19/h3-11,13,15,23H,14H2,1-2H3/b17-13-. The number of amides is 1. The van der Waals surface area contributed by atoms with E-state index in [9.17, 15) is 14.4 Å². The Kier molecular flexibility index (Phi) is 6.30. The van der Waals surface area contributed by atoms with Gasteiger partial charge in [0, 0.05) is 24.5 Å². The lowest BCUT2D eigenvalue weighted by atomic mass is 10.1. The van der Waals surface area contributed by atoms with Crippen LogP contribution >= 0.6 is 0 Å². The number of nitriles is 1. The molecular weight excluding hydrogens is 317 g/mol. The smallest absolute Gasteiger partial charge is 0.266 e. The Hall–Kier alpha value is -3.13. The van der Waals surface area contributed by atoms with Gasteiger partial charge in [-0.05, 0) is 43.7 Å². The van der Waals surface area contributed by atoms with Crippen molar-refractivity contribution in [1.82, 2.24) is 4.90 Å². The van der Waals surface area contributed by atoms with E-state index >= 15 is 0 Å². The Labute approximate surface area is 147 Å². The third-order valence-corrected chi connectivity index (χ3v) is 3.66. The van der Waals surface area contributed by atoms with Gasteiger partial charge in [0.25, 0.3) is 5.91 Å². The van der Waals surface area contributed by atoms with Gasteiger partial charge in [0.05, 0.1) is 0 Å². The van der Waals surface area contributed by atoms with Crippen molar-refractivity contribution < 1.29 is 9.18 Å². The second-order valence-corrected chi connectivity index (χ2v) is 5.83. The minimum atomic E-state index is -0.351. The van der Waals surface area contributed by atoms with E-state index in [4.69, 9.17) is 0 Å². The number of carbonyl (C=O) groups is 1. The van der Waals surface area contributed by atoms with Crippen LogP contribution in [-0.2, 0) is 11.3 Å². The van der Waals surface area contributed by atoms with Crippen LogP contribution in [0, 0.1) is 17.1 Å². The van der Waals surface area contributed by atoms with E-state index in [-0.39, 0.29) is 23.3 Å². The molecule has 5 heteroatoms. The maximum absolute atomic E-state index is 12.9. The van der Waals surface area contributed by atoms with Crippen LogP contribution in [-0.4, -0.2) is 16.8 Å². The highest BCUT2D eigenvalue weighted by atomic mass is 19.1. The van der Waals surface area contributed by atoms with Crippen LogP contribution < -0.4 is 5.32 Å².